The molecule has 6 aromatic rings. The molecular formula is C22H13BrN6O2. The number of nitrogens with zero attached hydrogens (tertiary/aromatic N) is 4. The number of H-pyrrole nitrogens is 1. The minimum Gasteiger partial charge on any atom is -0.463 e. The van der Waals surface area contributed by atoms with E-state index in [9.17, 15) is 4.79 Å². The molecule has 150 valence electrons. The van der Waals surface area contributed by atoms with Crippen LogP contribution in [0.4, 0.5) is 11.5 Å². The summed E-state index contributed by atoms with van der Waals surface area (Å²) < 4.78 is 8.24. The summed E-state index contributed by atoms with van der Waals surface area (Å²) in [4.78, 5) is 21.8. The first-order valence-corrected chi connectivity index (χ1v) is 10.2. The quantitative estimate of drug-likeness (QED) is 0.379. The lowest BCUT2D eigenvalue weighted by atomic mass is 10.1. The van der Waals surface area contributed by atoms with E-state index in [1.54, 1.807) is 29.4 Å². The van der Waals surface area contributed by atoms with Crippen LogP contribution >= 0.6 is 15.9 Å². The van der Waals surface area contributed by atoms with Gasteiger partial charge < -0.3 is 9.73 Å². The van der Waals surface area contributed by atoms with Gasteiger partial charge in [-0.25, -0.2) is 4.79 Å². The summed E-state index contributed by atoms with van der Waals surface area (Å²) in [6.07, 6.45) is 6.67. The van der Waals surface area contributed by atoms with Crippen molar-refractivity contribution in [3.63, 3.8) is 0 Å². The number of pyridine rings is 1. The standard InChI is InChI=1S/C22H13BrN6O2/c23-15-10-18-19(20-13(15)6-9-31-20)21(26-12-4-7-24-8-5-12)27-22(30)29(18)17-3-1-2-16-14(17)11-25-28-16/h1-11H,(H,25,28)(H,24,26,27,30). The number of fused-ring (bicyclic) bond motifs is 4. The number of rotatable bonds is 3. The molecule has 0 aliphatic rings. The first-order chi connectivity index (χ1) is 15.2. The molecule has 0 unspecified atom stereocenters. The van der Waals surface area contributed by atoms with Crippen LogP contribution in [0.3, 0.4) is 0 Å². The van der Waals surface area contributed by atoms with Crippen LogP contribution in [0.1, 0.15) is 0 Å². The van der Waals surface area contributed by atoms with Gasteiger partial charge in [-0.2, -0.15) is 10.1 Å². The molecule has 0 saturated heterocycles. The number of halogens is 1. The molecule has 4 aromatic heterocycles. The Labute approximate surface area is 182 Å². The maximum atomic E-state index is 13.3. The third kappa shape index (κ3) is 2.74. The fourth-order valence-corrected chi connectivity index (χ4v) is 4.36. The Hall–Kier alpha value is -3.98. The molecule has 0 atom stereocenters. The molecular weight excluding hydrogens is 460 g/mol. The van der Waals surface area contributed by atoms with Gasteiger partial charge in [0.25, 0.3) is 0 Å². The van der Waals surface area contributed by atoms with E-state index in [0.29, 0.717) is 28.0 Å². The monoisotopic (exact) mass is 472 g/mol. The highest BCUT2D eigenvalue weighted by atomic mass is 79.9. The van der Waals surface area contributed by atoms with Gasteiger partial charge in [-0.05, 0) is 52.3 Å². The molecule has 2 N–H and O–H groups in total. The largest absolute Gasteiger partial charge is 0.463 e. The summed E-state index contributed by atoms with van der Waals surface area (Å²) in [6, 6.07) is 13.1. The van der Waals surface area contributed by atoms with Gasteiger partial charge in [-0.1, -0.05) is 6.07 Å². The Morgan fingerprint density at radius 3 is 2.84 bits per heavy atom. The van der Waals surface area contributed by atoms with Crippen LogP contribution in [-0.2, 0) is 0 Å². The highest BCUT2D eigenvalue weighted by molar-refractivity contribution is 9.10. The van der Waals surface area contributed by atoms with Gasteiger partial charge in [0.1, 0.15) is 11.4 Å². The van der Waals surface area contributed by atoms with Crippen LogP contribution in [-0.4, -0.2) is 24.7 Å². The minimum absolute atomic E-state index is 0.411. The van der Waals surface area contributed by atoms with Gasteiger partial charge in [-0.15, -0.1) is 0 Å². The molecule has 0 radical (unpaired) electrons. The summed E-state index contributed by atoms with van der Waals surface area (Å²) in [5, 5.41) is 12.7. The third-order valence-electron chi connectivity index (χ3n) is 5.19. The van der Waals surface area contributed by atoms with E-state index in [-0.39, 0.29) is 0 Å². The molecule has 4 heterocycles. The van der Waals surface area contributed by atoms with E-state index in [2.05, 4.69) is 41.4 Å². The van der Waals surface area contributed by atoms with E-state index >= 15 is 0 Å². The number of aromatic amines is 1. The Morgan fingerprint density at radius 2 is 1.97 bits per heavy atom. The molecule has 6 rings (SSSR count). The van der Waals surface area contributed by atoms with E-state index in [1.165, 1.54) is 0 Å². The zero-order chi connectivity index (χ0) is 20.9. The van der Waals surface area contributed by atoms with Crippen molar-refractivity contribution in [2.24, 2.45) is 0 Å². The lowest BCUT2D eigenvalue weighted by molar-refractivity contribution is 0.619. The average molecular weight is 473 g/mol. The van der Waals surface area contributed by atoms with Gasteiger partial charge in [0.15, 0.2) is 0 Å². The number of aromatic nitrogens is 5. The molecule has 9 heteroatoms. The van der Waals surface area contributed by atoms with E-state index in [4.69, 9.17) is 4.42 Å². The van der Waals surface area contributed by atoms with Crippen molar-refractivity contribution in [1.29, 1.82) is 0 Å². The predicted molar refractivity (Wildman–Crippen MR) is 122 cm³/mol. The Bertz CT molecular complexity index is 1650. The van der Waals surface area contributed by atoms with E-state index in [0.717, 1.165) is 26.4 Å². The lowest BCUT2D eigenvalue weighted by Gasteiger charge is -2.15. The zero-order valence-electron chi connectivity index (χ0n) is 15.8. The number of benzene rings is 2. The normalized spacial score (nSPS) is 11.5. The van der Waals surface area contributed by atoms with Crippen LogP contribution in [0.5, 0.6) is 0 Å². The van der Waals surface area contributed by atoms with Crippen molar-refractivity contribution in [3.05, 3.63) is 82.3 Å². The van der Waals surface area contributed by atoms with Crippen molar-refractivity contribution in [3.8, 4) is 5.69 Å². The topological polar surface area (TPSA) is 102 Å². The van der Waals surface area contributed by atoms with Gasteiger partial charge in [0.2, 0.25) is 0 Å². The molecule has 0 amide bonds. The first-order valence-electron chi connectivity index (χ1n) is 9.43. The van der Waals surface area contributed by atoms with Crippen molar-refractivity contribution in [2.45, 2.75) is 0 Å². The summed E-state index contributed by atoms with van der Waals surface area (Å²) in [5.41, 5.74) is 3.13. The van der Waals surface area contributed by atoms with Crippen molar-refractivity contribution >= 4 is 60.2 Å². The second-order valence-electron chi connectivity index (χ2n) is 6.96. The van der Waals surface area contributed by atoms with Crippen LogP contribution in [0.25, 0.3) is 38.5 Å². The number of furan rings is 1. The molecule has 0 saturated carbocycles. The number of hydrogen-bond donors (Lipinski definition) is 2. The summed E-state index contributed by atoms with van der Waals surface area (Å²) in [7, 11) is 0. The fraction of sp³-hybridized carbons (Fsp3) is 0. The molecule has 0 spiro atoms. The second kappa shape index (κ2) is 6.78. The van der Waals surface area contributed by atoms with Crippen LogP contribution in [0, 0.1) is 0 Å². The van der Waals surface area contributed by atoms with E-state index < -0.39 is 5.69 Å². The van der Waals surface area contributed by atoms with Gasteiger partial charge in [0, 0.05) is 33.3 Å². The van der Waals surface area contributed by atoms with Crippen molar-refractivity contribution < 1.29 is 4.42 Å². The maximum Gasteiger partial charge on any atom is 0.354 e. The molecule has 0 fully saturated rings. The van der Waals surface area contributed by atoms with Crippen LogP contribution < -0.4 is 11.0 Å². The molecule has 2 aromatic carbocycles. The van der Waals surface area contributed by atoms with Gasteiger partial charge in [0.05, 0.1) is 34.6 Å². The summed E-state index contributed by atoms with van der Waals surface area (Å²) in [5.74, 6) is 0.411. The van der Waals surface area contributed by atoms with E-state index in [1.807, 2.05) is 42.5 Å². The molecule has 0 bridgehead atoms. The number of anilines is 2. The smallest absolute Gasteiger partial charge is 0.354 e. The Morgan fingerprint density at radius 1 is 1.10 bits per heavy atom. The minimum atomic E-state index is -0.421. The van der Waals surface area contributed by atoms with Crippen LogP contribution in [0.15, 0.2) is 81.0 Å². The molecule has 8 nitrogen and oxygen atoms in total. The zero-order valence-corrected chi connectivity index (χ0v) is 17.4. The number of nitrogens with one attached hydrogen (secondary N) is 2. The molecule has 0 aliphatic heterocycles. The van der Waals surface area contributed by atoms with Crippen molar-refractivity contribution in [1.82, 2.24) is 24.7 Å². The van der Waals surface area contributed by atoms with Gasteiger partial charge in [-0.3, -0.25) is 14.6 Å². The average Bonchev–Trinajstić information content (AvgIpc) is 3.44. The Balaban J connectivity index is 1.75. The van der Waals surface area contributed by atoms with Gasteiger partial charge >= 0.3 is 5.69 Å². The molecule has 0 aliphatic carbocycles. The highest BCUT2D eigenvalue weighted by Crippen LogP contribution is 2.37. The third-order valence-corrected chi connectivity index (χ3v) is 5.85. The molecule has 31 heavy (non-hydrogen) atoms. The first kappa shape index (κ1) is 17.8. The predicted octanol–water partition coefficient (Wildman–Crippen LogP) is 4.91. The Kier molecular flexibility index (Phi) is 3.90. The summed E-state index contributed by atoms with van der Waals surface area (Å²) in [6.45, 7) is 0. The number of hydrogen-bond acceptors (Lipinski definition) is 6. The lowest BCUT2D eigenvalue weighted by Crippen LogP contribution is -2.23. The van der Waals surface area contributed by atoms with Crippen molar-refractivity contribution in [2.75, 3.05) is 5.32 Å². The summed E-state index contributed by atoms with van der Waals surface area (Å²) >= 11 is 3.62. The maximum absolute atomic E-state index is 13.3. The highest BCUT2D eigenvalue weighted by Gasteiger charge is 2.20. The SMILES string of the molecule is O=c1nc(Nc2ccncc2)c2c3occc3c(Br)cc2n1-c1cccc2[nH]ncc12. The van der Waals surface area contributed by atoms with Crippen LogP contribution in [0.2, 0.25) is 0 Å². The fourth-order valence-electron chi connectivity index (χ4n) is 3.83. The second-order valence-corrected chi connectivity index (χ2v) is 7.82.